The van der Waals surface area contributed by atoms with Crippen molar-refractivity contribution < 1.29 is 27.4 Å². The number of hydrogen-bond acceptors (Lipinski definition) is 4. The summed E-state index contributed by atoms with van der Waals surface area (Å²) < 4.78 is 48.5. The predicted octanol–water partition coefficient (Wildman–Crippen LogP) is 3.75. The van der Waals surface area contributed by atoms with Crippen LogP contribution in [0.15, 0.2) is 21.1 Å². The van der Waals surface area contributed by atoms with Crippen molar-refractivity contribution in [2.24, 2.45) is 0 Å². The highest BCUT2D eigenvalue weighted by Gasteiger charge is 2.72. The summed E-state index contributed by atoms with van der Waals surface area (Å²) >= 11 is 2.73. The molecule has 104 valence electrons. The Morgan fingerprint density at radius 1 is 1.58 bits per heavy atom. The van der Waals surface area contributed by atoms with Crippen LogP contribution < -0.4 is 0 Å². The average Bonchev–Trinajstić information content (AvgIpc) is 2.79. The topological polar surface area (TPSA) is 35.5 Å². The molecule has 0 aliphatic carbocycles. The minimum absolute atomic E-state index is 0.0842. The SMILES string of the molecule is CCOC(=O)[C@]1(C(F)(F)F)OC(c2cccs2)=C1I. The van der Waals surface area contributed by atoms with Crippen LogP contribution in [0.2, 0.25) is 0 Å². The summed E-state index contributed by atoms with van der Waals surface area (Å²) in [5, 5.41) is 1.72. The Labute approximate surface area is 124 Å². The van der Waals surface area contributed by atoms with Gasteiger partial charge < -0.3 is 9.47 Å². The molecule has 2 rings (SSSR count). The van der Waals surface area contributed by atoms with Crippen LogP contribution in [0, 0.1) is 0 Å². The first kappa shape index (κ1) is 14.6. The molecule has 8 heteroatoms. The molecule has 0 spiro atoms. The van der Waals surface area contributed by atoms with Gasteiger partial charge in [0.2, 0.25) is 0 Å². The number of carbonyl (C=O) groups is 1. The molecule has 1 aromatic rings. The maximum absolute atomic E-state index is 13.1. The van der Waals surface area contributed by atoms with Gasteiger partial charge in [0, 0.05) is 0 Å². The van der Waals surface area contributed by atoms with Crippen LogP contribution in [-0.4, -0.2) is 24.4 Å². The molecule has 0 aromatic carbocycles. The summed E-state index contributed by atoms with van der Waals surface area (Å²) in [5.41, 5.74) is -2.97. The van der Waals surface area contributed by atoms with E-state index in [0.717, 1.165) is 0 Å². The van der Waals surface area contributed by atoms with E-state index in [-0.39, 0.29) is 15.9 Å². The fraction of sp³-hybridized carbons (Fsp3) is 0.364. The standard InChI is InChI=1S/C11H8F3IO3S/c1-2-17-9(16)10(11(12,13)14)8(15)7(18-10)6-4-3-5-19-6/h3-5H,2H2,1H3/t10-/m1/s1. The van der Waals surface area contributed by atoms with Gasteiger partial charge in [-0.15, -0.1) is 11.3 Å². The first-order chi connectivity index (χ1) is 8.84. The summed E-state index contributed by atoms with van der Waals surface area (Å²) in [5.74, 6) is -1.34. The van der Waals surface area contributed by atoms with E-state index in [0.29, 0.717) is 4.88 Å². The fourth-order valence-corrected chi connectivity index (χ4v) is 3.52. The second-order valence-electron chi connectivity index (χ2n) is 3.62. The highest BCUT2D eigenvalue weighted by molar-refractivity contribution is 14.1. The van der Waals surface area contributed by atoms with E-state index in [1.807, 2.05) is 0 Å². The number of halogens is 4. The average molecular weight is 404 g/mol. The van der Waals surface area contributed by atoms with E-state index in [4.69, 9.17) is 4.74 Å². The molecule has 0 N–H and O–H groups in total. The Balaban J connectivity index is 2.43. The summed E-state index contributed by atoms with van der Waals surface area (Å²) in [6.45, 7) is 1.30. The minimum atomic E-state index is -4.85. The van der Waals surface area contributed by atoms with E-state index in [9.17, 15) is 18.0 Å². The number of carbonyl (C=O) groups excluding carboxylic acids is 1. The lowest BCUT2D eigenvalue weighted by atomic mass is 9.96. The molecule has 0 bridgehead atoms. The number of thiophene rings is 1. The quantitative estimate of drug-likeness (QED) is 0.569. The smallest absolute Gasteiger partial charge is 0.444 e. The molecule has 1 aromatic heterocycles. The van der Waals surface area contributed by atoms with Gasteiger partial charge in [-0.1, -0.05) is 6.07 Å². The van der Waals surface area contributed by atoms with Gasteiger partial charge in [0.05, 0.1) is 15.1 Å². The number of hydrogen-bond donors (Lipinski definition) is 0. The molecule has 2 heterocycles. The van der Waals surface area contributed by atoms with Crippen molar-refractivity contribution in [1.82, 2.24) is 0 Å². The third kappa shape index (κ3) is 2.14. The zero-order valence-electron chi connectivity index (χ0n) is 9.58. The largest absolute Gasteiger partial charge is 0.462 e. The minimum Gasteiger partial charge on any atom is -0.462 e. The van der Waals surface area contributed by atoms with E-state index in [1.54, 1.807) is 17.5 Å². The Morgan fingerprint density at radius 3 is 2.68 bits per heavy atom. The first-order valence-corrected chi connectivity index (χ1v) is 7.17. The summed E-state index contributed by atoms with van der Waals surface area (Å²) in [6.07, 6.45) is -4.85. The van der Waals surface area contributed by atoms with E-state index in [1.165, 1.54) is 40.9 Å². The molecule has 1 aliphatic rings. The molecule has 0 radical (unpaired) electrons. The monoisotopic (exact) mass is 404 g/mol. The molecule has 0 saturated heterocycles. The Bertz CT molecular complexity index is 524. The van der Waals surface area contributed by atoms with Gasteiger partial charge in [0.25, 0.3) is 0 Å². The van der Waals surface area contributed by atoms with Gasteiger partial charge in [-0.25, -0.2) is 4.79 Å². The van der Waals surface area contributed by atoms with Gasteiger partial charge in [-0.05, 0) is 41.0 Å². The molecule has 1 aliphatic heterocycles. The number of esters is 1. The Morgan fingerprint density at radius 2 is 2.26 bits per heavy atom. The fourth-order valence-electron chi connectivity index (χ4n) is 1.58. The molecule has 1 atom stereocenters. The van der Waals surface area contributed by atoms with Gasteiger partial charge >= 0.3 is 17.7 Å². The van der Waals surface area contributed by atoms with Gasteiger partial charge in [0.1, 0.15) is 0 Å². The van der Waals surface area contributed by atoms with E-state index < -0.39 is 17.7 Å². The molecule has 0 unspecified atom stereocenters. The van der Waals surface area contributed by atoms with Crippen molar-refractivity contribution in [3.8, 4) is 0 Å². The van der Waals surface area contributed by atoms with Crippen LogP contribution in [0.4, 0.5) is 13.2 Å². The molecule has 19 heavy (non-hydrogen) atoms. The van der Waals surface area contributed by atoms with Crippen molar-refractivity contribution in [1.29, 1.82) is 0 Å². The van der Waals surface area contributed by atoms with Crippen LogP contribution >= 0.6 is 33.9 Å². The highest BCUT2D eigenvalue weighted by Crippen LogP contribution is 2.55. The summed E-state index contributed by atoms with van der Waals surface area (Å²) in [7, 11) is 0. The zero-order valence-corrected chi connectivity index (χ0v) is 12.6. The van der Waals surface area contributed by atoms with Crippen molar-refractivity contribution in [3.63, 3.8) is 0 Å². The van der Waals surface area contributed by atoms with Crippen LogP contribution in [0.1, 0.15) is 11.8 Å². The molecule has 0 saturated carbocycles. The number of alkyl halides is 3. The Kier molecular flexibility index (Phi) is 3.83. The Hall–Kier alpha value is -0.770. The van der Waals surface area contributed by atoms with Crippen molar-refractivity contribution in [3.05, 3.63) is 26.0 Å². The third-order valence-corrected chi connectivity index (χ3v) is 4.59. The number of rotatable bonds is 3. The lowest BCUT2D eigenvalue weighted by Gasteiger charge is -2.41. The zero-order chi connectivity index (χ0) is 14.3. The van der Waals surface area contributed by atoms with Gasteiger partial charge in [-0.3, -0.25) is 0 Å². The maximum Gasteiger partial charge on any atom is 0.444 e. The van der Waals surface area contributed by atoms with Gasteiger partial charge in [0.15, 0.2) is 5.76 Å². The van der Waals surface area contributed by atoms with Crippen molar-refractivity contribution in [2.75, 3.05) is 6.61 Å². The highest BCUT2D eigenvalue weighted by atomic mass is 127. The summed E-state index contributed by atoms with van der Waals surface area (Å²) in [6, 6.07) is 3.32. The van der Waals surface area contributed by atoms with E-state index in [2.05, 4.69) is 4.74 Å². The summed E-state index contributed by atoms with van der Waals surface area (Å²) in [4.78, 5) is 12.2. The van der Waals surface area contributed by atoms with Crippen LogP contribution in [-0.2, 0) is 14.3 Å². The number of ether oxygens (including phenoxy) is 2. The van der Waals surface area contributed by atoms with Crippen molar-refractivity contribution in [2.45, 2.75) is 18.7 Å². The van der Waals surface area contributed by atoms with E-state index >= 15 is 0 Å². The predicted molar refractivity (Wildman–Crippen MR) is 71.8 cm³/mol. The molecule has 3 nitrogen and oxygen atoms in total. The molecule has 0 fully saturated rings. The molecular formula is C11H8F3IO3S. The molecule has 0 amide bonds. The van der Waals surface area contributed by atoms with Crippen LogP contribution in [0.3, 0.4) is 0 Å². The second kappa shape index (κ2) is 4.97. The normalized spacial score (nSPS) is 22.8. The van der Waals surface area contributed by atoms with Crippen LogP contribution in [0.25, 0.3) is 5.76 Å². The van der Waals surface area contributed by atoms with Gasteiger partial charge in [-0.2, -0.15) is 13.2 Å². The lowest BCUT2D eigenvalue weighted by molar-refractivity contribution is -0.254. The first-order valence-electron chi connectivity index (χ1n) is 5.21. The third-order valence-electron chi connectivity index (χ3n) is 2.47. The van der Waals surface area contributed by atoms with Crippen molar-refractivity contribution >= 4 is 45.7 Å². The maximum atomic E-state index is 13.1. The molecular weight excluding hydrogens is 396 g/mol. The lowest BCUT2D eigenvalue weighted by Crippen LogP contribution is -2.59. The van der Waals surface area contributed by atoms with Crippen LogP contribution in [0.5, 0.6) is 0 Å². The second-order valence-corrected chi connectivity index (χ2v) is 5.65.